The van der Waals surface area contributed by atoms with Crippen LogP contribution in [0, 0.1) is 0 Å². The van der Waals surface area contributed by atoms with Crippen LogP contribution in [0.5, 0.6) is 0 Å². The number of aliphatic hydroxyl groups excluding tert-OH is 1. The average Bonchev–Trinajstić information content (AvgIpc) is 3.21. The van der Waals surface area contributed by atoms with Crippen molar-refractivity contribution in [3.05, 3.63) is 29.0 Å². The number of imidazole rings is 1. The number of nitrogens with one attached hydrogen (secondary N) is 1. The number of hydrogen-bond acceptors (Lipinski definition) is 7. The highest BCUT2D eigenvalue weighted by molar-refractivity contribution is 6.23. The number of hydrogen-bond donors (Lipinski definition) is 2. The summed E-state index contributed by atoms with van der Waals surface area (Å²) in [6, 6.07) is 0.228. The maximum Gasteiger partial charge on any atom is 0.229 e. The van der Waals surface area contributed by atoms with Gasteiger partial charge in [-0.15, -0.1) is 0 Å². The lowest BCUT2D eigenvalue weighted by Crippen LogP contribution is -2.38. The maximum atomic E-state index is 12.9. The first-order valence-corrected chi connectivity index (χ1v) is 9.23. The van der Waals surface area contributed by atoms with Crippen molar-refractivity contribution in [2.24, 2.45) is 0 Å². The van der Waals surface area contributed by atoms with Crippen LogP contribution in [0.3, 0.4) is 0 Å². The second kappa shape index (κ2) is 6.00. The fraction of sp³-hybridized carbons (Fsp3) is 0.611. The zero-order valence-electron chi connectivity index (χ0n) is 14.3. The fourth-order valence-electron chi connectivity index (χ4n) is 4.38. The topological polar surface area (TPSA) is 103 Å². The van der Waals surface area contributed by atoms with E-state index in [1.807, 2.05) is 0 Å². The Hall–Kier alpha value is -2.03. The average molecular weight is 359 g/mol. The molecule has 2 aliphatic heterocycles. The summed E-state index contributed by atoms with van der Waals surface area (Å²) in [5.74, 6) is -0.0381. The van der Waals surface area contributed by atoms with Crippen molar-refractivity contribution >= 4 is 11.6 Å². The Morgan fingerprint density at radius 3 is 2.81 bits per heavy atom. The van der Waals surface area contributed by atoms with E-state index in [0.29, 0.717) is 11.5 Å². The third-order valence-corrected chi connectivity index (χ3v) is 5.67. The van der Waals surface area contributed by atoms with Gasteiger partial charge in [0.15, 0.2) is 6.23 Å². The minimum absolute atomic E-state index is 0.133. The first-order valence-electron chi connectivity index (χ1n) is 9.23. The molecule has 0 radical (unpaired) electrons. The molecule has 0 bridgehead atoms. The second-order valence-electron chi connectivity index (χ2n) is 7.39. The lowest BCUT2D eigenvalue weighted by Gasteiger charge is -2.29. The van der Waals surface area contributed by atoms with Gasteiger partial charge in [-0.25, -0.2) is 4.98 Å². The first kappa shape index (κ1) is 16.2. The SMILES string of the molecule is O=C1C(NC2CCCCC2)=CC(=O)c2c1nc1n2[C@H]2OC[C@@H](O)[C@H]2OC1. The number of nitrogens with zero attached hydrogens (tertiary/aromatic N) is 2. The smallest absolute Gasteiger partial charge is 0.229 e. The molecule has 138 valence electrons. The molecule has 26 heavy (non-hydrogen) atoms. The van der Waals surface area contributed by atoms with Crippen LogP contribution in [0.15, 0.2) is 11.8 Å². The Morgan fingerprint density at radius 1 is 1.19 bits per heavy atom. The highest BCUT2D eigenvalue weighted by Gasteiger charge is 2.46. The van der Waals surface area contributed by atoms with E-state index in [9.17, 15) is 14.7 Å². The monoisotopic (exact) mass is 359 g/mol. The number of allylic oxidation sites excluding steroid dienone is 2. The molecule has 1 aromatic rings. The van der Waals surface area contributed by atoms with E-state index in [2.05, 4.69) is 10.3 Å². The third kappa shape index (κ3) is 2.36. The van der Waals surface area contributed by atoms with E-state index in [0.717, 1.165) is 25.7 Å². The van der Waals surface area contributed by atoms with Crippen molar-refractivity contribution in [2.45, 2.75) is 63.2 Å². The molecule has 1 saturated heterocycles. The van der Waals surface area contributed by atoms with E-state index in [1.165, 1.54) is 12.5 Å². The molecule has 5 rings (SSSR count). The van der Waals surface area contributed by atoms with Crippen molar-refractivity contribution in [1.29, 1.82) is 0 Å². The third-order valence-electron chi connectivity index (χ3n) is 5.67. The van der Waals surface area contributed by atoms with Crippen LogP contribution >= 0.6 is 0 Å². The van der Waals surface area contributed by atoms with Crippen molar-refractivity contribution in [1.82, 2.24) is 14.9 Å². The largest absolute Gasteiger partial charge is 0.388 e. The predicted octanol–water partition coefficient (Wildman–Crippen LogP) is 0.857. The summed E-state index contributed by atoms with van der Waals surface area (Å²) in [7, 11) is 0. The summed E-state index contributed by atoms with van der Waals surface area (Å²) < 4.78 is 12.9. The molecular weight excluding hydrogens is 338 g/mol. The highest BCUT2D eigenvalue weighted by Crippen LogP contribution is 2.36. The van der Waals surface area contributed by atoms with E-state index in [1.54, 1.807) is 4.57 Å². The molecule has 8 heteroatoms. The molecule has 3 atom stereocenters. The Bertz CT molecular complexity index is 808. The van der Waals surface area contributed by atoms with Gasteiger partial charge in [-0.3, -0.25) is 14.2 Å². The van der Waals surface area contributed by atoms with Gasteiger partial charge in [0, 0.05) is 12.1 Å². The van der Waals surface area contributed by atoms with Gasteiger partial charge in [0.05, 0.1) is 12.3 Å². The van der Waals surface area contributed by atoms with Crippen LogP contribution in [-0.4, -0.2) is 51.1 Å². The maximum absolute atomic E-state index is 12.9. The van der Waals surface area contributed by atoms with Gasteiger partial charge in [0.2, 0.25) is 11.6 Å². The number of carbonyl (C=O) groups is 2. The van der Waals surface area contributed by atoms with Crippen molar-refractivity contribution in [3.63, 3.8) is 0 Å². The number of fused-ring (bicyclic) bond motifs is 5. The van der Waals surface area contributed by atoms with E-state index < -0.39 is 18.4 Å². The van der Waals surface area contributed by atoms with Crippen molar-refractivity contribution in [2.75, 3.05) is 6.61 Å². The Morgan fingerprint density at radius 2 is 2.00 bits per heavy atom. The molecular formula is C18H21N3O5. The molecule has 2 aliphatic carbocycles. The summed E-state index contributed by atoms with van der Waals surface area (Å²) in [6.45, 7) is 0.273. The van der Waals surface area contributed by atoms with Gasteiger partial charge >= 0.3 is 0 Å². The molecule has 1 saturated carbocycles. The number of Topliss-reactive ketones (excluding diaryl/α,β-unsaturated/α-hetero) is 1. The normalized spacial score (nSPS) is 31.3. The molecule has 8 nitrogen and oxygen atoms in total. The molecule has 0 aromatic carbocycles. The number of ketones is 2. The summed E-state index contributed by atoms with van der Waals surface area (Å²) in [5, 5.41) is 13.2. The fourth-order valence-corrected chi connectivity index (χ4v) is 4.38. The zero-order chi connectivity index (χ0) is 17.8. The van der Waals surface area contributed by atoms with Crippen LogP contribution in [0.25, 0.3) is 0 Å². The number of carbonyl (C=O) groups excluding carboxylic acids is 2. The lowest BCUT2D eigenvalue weighted by molar-refractivity contribution is -0.0992. The lowest BCUT2D eigenvalue weighted by atomic mass is 9.94. The number of aromatic nitrogens is 2. The van der Waals surface area contributed by atoms with Gasteiger partial charge in [-0.2, -0.15) is 0 Å². The Labute approximate surface area is 150 Å². The molecule has 0 amide bonds. The molecule has 1 aromatic heterocycles. The summed E-state index contributed by atoms with van der Waals surface area (Å²) in [5.41, 5.74) is 0.723. The Kier molecular flexibility index (Phi) is 3.73. The minimum Gasteiger partial charge on any atom is -0.388 e. The van der Waals surface area contributed by atoms with Gasteiger partial charge in [-0.1, -0.05) is 19.3 Å². The quantitative estimate of drug-likeness (QED) is 0.807. The molecule has 2 fully saturated rings. The first-order chi connectivity index (χ1) is 12.6. The Balaban J connectivity index is 1.48. The second-order valence-corrected chi connectivity index (χ2v) is 7.39. The molecule has 0 unspecified atom stereocenters. The van der Waals surface area contributed by atoms with E-state index >= 15 is 0 Å². The summed E-state index contributed by atoms with van der Waals surface area (Å²) >= 11 is 0. The van der Waals surface area contributed by atoms with Crippen molar-refractivity contribution in [3.8, 4) is 0 Å². The molecule has 4 aliphatic rings. The van der Waals surface area contributed by atoms with Gasteiger partial charge in [0.25, 0.3) is 0 Å². The van der Waals surface area contributed by atoms with E-state index in [4.69, 9.17) is 9.47 Å². The van der Waals surface area contributed by atoms with Crippen LogP contribution in [0.4, 0.5) is 0 Å². The molecule has 3 heterocycles. The van der Waals surface area contributed by atoms with Crippen LogP contribution in [-0.2, 0) is 16.1 Å². The molecule has 0 spiro atoms. The highest BCUT2D eigenvalue weighted by atomic mass is 16.6. The van der Waals surface area contributed by atoms with Gasteiger partial charge in [0.1, 0.15) is 36.0 Å². The van der Waals surface area contributed by atoms with Gasteiger partial charge < -0.3 is 19.9 Å². The van der Waals surface area contributed by atoms with Crippen LogP contribution < -0.4 is 5.32 Å². The standard InChI is InChI=1S/C18H21N3O5/c22-11-6-10(19-9-4-2-1-3-5-9)16(24)14-15(11)21-13(20-14)8-25-17-12(23)7-26-18(17)21/h6,9,12,17-19,23H,1-5,7-8H2/t12-,17-,18+/m1/s1. The predicted molar refractivity (Wildman–Crippen MR) is 88.6 cm³/mol. The number of rotatable bonds is 2. The number of ether oxygens (including phenoxy) is 2. The van der Waals surface area contributed by atoms with Gasteiger partial charge in [-0.05, 0) is 12.8 Å². The van der Waals surface area contributed by atoms with Crippen LogP contribution in [0.2, 0.25) is 0 Å². The van der Waals surface area contributed by atoms with Crippen LogP contribution in [0.1, 0.15) is 65.1 Å². The summed E-state index contributed by atoms with van der Waals surface area (Å²) in [6.07, 6.45) is 4.97. The van der Waals surface area contributed by atoms with E-state index in [-0.39, 0.29) is 42.2 Å². The molecule has 2 N–H and O–H groups in total. The van der Waals surface area contributed by atoms with Crippen molar-refractivity contribution < 1.29 is 24.2 Å². The number of aliphatic hydroxyl groups is 1. The minimum atomic E-state index is -0.750. The zero-order valence-corrected chi connectivity index (χ0v) is 14.3. The summed E-state index contributed by atoms with van der Waals surface area (Å²) in [4.78, 5) is 30.1.